The van der Waals surface area contributed by atoms with E-state index < -0.39 is 11.4 Å². The van der Waals surface area contributed by atoms with Crippen molar-refractivity contribution >= 4 is 12.0 Å². The Morgan fingerprint density at radius 3 is 2.63 bits per heavy atom. The Labute approximate surface area is 113 Å². The van der Waals surface area contributed by atoms with Gasteiger partial charge in [-0.15, -0.1) is 0 Å². The number of carboxylic acids is 1. The van der Waals surface area contributed by atoms with E-state index in [0.29, 0.717) is 26.1 Å². The number of nitrogens with zero attached hydrogens (tertiary/aromatic N) is 1. The highest BCUT2D eigenvalue weighted by molar-refractivity contribution is 5.78. The summed E-state index contributed by atoms with van der Waals surface area (Å²) in [7, 11) is 1.73. The second kappa shape index (κ2) is 5.77. The minimum atomic E-state index is -0.794. The first-order chi connectivity index (χ1) is 9.05. The standard InChI is InChI=1S/C13H22N2O4/c1-15(10-4-7-19-8-10)12(18)14-9-13(11(16)17)5-2-3-6-13/h10H,2-9H2,1H3,(H,14,18)(H,16,17). The first kappa shape index (κ1) is 14.1. The lowest BCUT2D eigenvalue weighted by atomic mass is 9.86. The number of likely N-dealkylation sites (N-methyl/N-ethyl adjacent to an activating group) is 1. The second-order valence-corrected chi connectivity index (χ2v) is 5.58. The summed E-state index contributed by atoms with van der Waals surface area (Å²) < 4.78 is 5.25. The number of ether oxygens (including phenoxy) is 1. The topological polar surface area (TPSA) is 78.9 Å². The first-order valence-electron chi connectivity index (χ1n) is 6.87. The van der Waals surface area contributed by atoms with Crippen LogP contribution in [-0.2, 0) is 9.53 Å². The van der Waals surface area contributed by atoms with Crippen LogP contribution in [-0.4, -0.2) is 54.9 Å². The third-order valence-electron chi connectivity index (χ3n) is 4.37. The molecule has 0 aromatic carbocycles. The van der Waals surface area contributed by atoms with Gasteiger partial charge in [-0.05, 0) is 19.3 Å². The molecule has 2 amide bonds. The summed E-state index contributed by atoms with van der Waals surface area (Å²) in [5.74, 6) is -0.794. The third kappa shape index (κ3) is 3.00. The lowest BCUT2D eigenvalue weighted by Crippen LogP contribution is -2.48. The predicted octanol–water partition coefficient (Wildman–Crippen LogP) is 1.06. The van der Waals surface area contributed by atoms with Gasteiger partial charge in [-0.3, -0.25) is 4.79 Å². The molecule has 1 aliphatic heterocycles. The number of aliphatic carboxylic acids is 1. The Kier molecular flexibility index (Phi) is 4.29. The second-order valence-electron chi connectivity index (χ2n) is 5.58. The van der Waals surface area contributed by atoms with Gasteiger partial charge in [0.05, 0.1) is 18.1 Å². The van der Waals surface area contributed by atoms with Crippen LogP contribution in [0.1, 0.15) is 32.1 Å². The normalized spacial score (nSPS) is 25.2. The highest BCUT2D eigenvalue weighted by Gasteiger charge is 2.41. The number of carbonyl (C=O) groups is 2. The Balaban J connectivity index is 1.86. The smallest absolute Gasteiger partial charge is 0.317 e. The molecule has 0 aromatic heterocycles. The van der Waals surface area contributed by atoms with Crippen molar-refractivity contribution in [1.82, 2.24) is 10.2 Å². The number of carbonyl (C=O) groups excluding carboxylic acids is 1. The van der Waals surface area contributed by atoms with Crippen LogP contribution in [0, 0.1) is 5.41 Å². The Hall–Kier alpha value is -1.30. The van der Waals surface area contributed by atoms with E-state index in [9.17, 15) is 14.7 Å². The van der Waals surface area contributed by atoms with Crippen molar-refractivity contribution in [3.63, 3.8) is 0 Å². The van der Waals surface area contributed by atoms with E-state index in [2.05, 4.69) is 5.32 Å². The quantitative estimate of drug-likeness (QED) is 0.800. The maximum Gasteiger partial charge on any atom is 0.317 e. The molecule has 1 saturated carbocycles. The fraction of sp³-hybridized carbons (Fsp3) is 0.846. The maximum absolute atomic E-state index is 12.0. The van der Waals surface area contributed by atoms with Crippen LogP contribution < -0.4 is 5.32 Å². The summed E-state index contributed by atoms with van der Waals surface area (Å²) >= 11 is 0. The average molecular weight is 270 g/mol. The van der Waals surface area contributed by atoms with E-state index in [0.717, 1.165) is 19.3 Å². The van der Waals surface area contributed by atoms with Crippen LogP contribution in [0.2, 0.25) is 0 Å². The highest BCUT2D eigenvalue weighted by atomic mass is 16.5. The van der Waals surface area contributed by atoms with E-state index in [4.69, 9.17) is 4.74 Å². The van der Waals surface area contributed by atoms with Gasteiger partial charge in [0.15, 0.2) is 0 Å². The summed E-state index contributed by atoms with van der Waals surface area (Å²) in [5, 5.41) is 12.1. The van der Waals surface area contributed by atoms with Crippen molar-refractivity contribution in [2.45, 2.75) is 38.1 Å². The molecule has 1 heterocycles. The molecule has 2 aliphatic rings. The van der Waals surface area contributed by atoms with Gasteiger partial charge in [0.2, 0.25) is 0 Å². The number of nitrogens with one attached hydrogen (secondary N) is 1. The zero-order valence-corrected chi connectivity index (χ0v) is 11.4. The molecule has 1 unspecified atom stereocenters. The summed E-state index contributed by atoms with van der Waals surface area (Å²) in [4.78, 5) is 25.0. The third-order valence-corrected chi connectivity index (χ3v) is 4.37. The van der Waals surface area contributed by atoms with Crippen molar-refractivity contribution < 1.29 is 19.4 Å². The van der Waals surface area contributed by atoms with E-state index in [1.54, 1.807) is 11.9 Å². The monoisotopic (exact) mass is 270 g/mol. The van der Waals surface area contributed by atoms with E-state index in [1.807, 2.05) is 0 Å². The van der Waals surface area contributed by atoms with Gasteiger partial charge in [-0.1, -0.05) is 12.8 Å². The molecule has 6 nitrogen and oxygen atoms in total. The van der Waals surface area contributed by atoms with Gasteiger partial charge in [0, 0.05) is 20.2 Å². The lowest BCUT2D eigenvalue weighted by Gasteiger charge is -2.28. The fourth-order valence-corrected chi connectivity index (χ4v) is 2.88. The van der Waals surface area contributed by atoms with E-state index in [-0.39, 0.29) is 18.6 Å². The van der Waals surface area contributed by atoms with Crippen molar-refractivity contribution in [3.05, 3.63) is 0 Å². The predicted molar refractivity (Wildman–Crippen MR) is 68.9 cm³/mol. The Morgan fingerprint density at radius 1 is 1.42 bits per heavy atom. The molecule has 0 radical (unpaired) electrons. The minimum Gasteiger partial charge on any atom is -0.481 e. The van der Waals surface area contributed by atoms with E-state index in [1.165, 1.54) is 0 Å². The minimum absolute atomic E-state index is 0.101. The van der Waals surface area contributed by atoms with Crippen molar-refractivity contribution in [3.8, 4) is 0 Å². The van der Waals surface area contributed by atoms with E-state index >= 15 is 0 Å². The van der Waals surface area contributed by atoms with Crippen molar-refractivity contribution in [2.75, 3.05) is 26.8 Å². The molecule has 19 heavy (non-hydrogen) atoms. The number of carboxylic acid groups (broad SMARTS) is 1. The molecular weight excluding hydrogens is 248 g/mol. The van der Waals surface area contributed by atoms with Gasteiger partial charge >= 0.3 is 12.0 Å². The highest BCUT2D eigenvalue weighted by Crippen LogP contribution is 2.37. The fourth-order valence-electron chi connectivity index (χ4n) is 2.88. The summed E-state index contributed by atoms with van der Waals surface area (Å²) in [6, 6.07) is -0.104. The van der Waals surface area contributed by atoms with Gasteiger partial charge in [-0.25, -0.2) is 4.79 Å². The van der Waals surface area contributed by atoms with Crippen molar-refractivity contribution in [1.29, 1.82) is 0 Å². The summed E-state index contributed by atoms with van der Waals surface area (Å²) in [6.07, 6.45) is 3.99. The average Bonchev–Trinajstić information content (AvgIpc) is 3.06. The molecule has 6 heteroatoms. The first-order valence-corrected chi connectivity index (χ1v) is 6.87. The molecule has 0 bridgehead atoms. The molecule has 2 N–H and O–H groups in total. The molecule has 2 rings (SSSR count). The molecule has 0 spiro atoms. The molecule has 1 atom stereocenters. The van der Waals surface area contributed by atoms with Gasteiger partial charge < -0.3 is 20.1 Å². The number of hydrogen-bond acceptors (Lipinski definition) is 3. The number of rotatable bonds is 4. The zero-order chi connectivity index (χ0) is 13.9. The van der Waals surface area contributed by atoms with Crippen LogP contribution in [0.4, 0.5) is 4.79 Å². The van der Waals surface area contributed by atoms with Gasteiger partial charge in [0.25, 0.3) is 0 Å². The maximum atomic E-state index is 12.0. The van der Waals surface area contributed by atoms with Crippen LogP contribution in [0.3, 0.4) is 0 Å². The number of amides is 2. The zero-order valence-electron chi connectivity index (χ0n) is 11.4. The van der Waals surface area contributed by atoms with Crippen LogP contribution in [0.15, 0.2) is 0 Å². The van der Waals surface area contributed by atoms with Crippen LogP contribution in [0.25, 0.3) is 0 Å². The van der Waals surface area contributed by atoms with Crippen molar-refractivity contribution in [2.24, 2.45) is 5.41 Å². The number of hydrogen-bond donors (Lipinski definition) is 2. The molecular formula is C13H22N2O4. The van der Waals surface area contributed by atoms with Crippen LogP contribution in [0.5, 0.6) is 0 Å². The van der Waals surface area contributed by atoms with Gasteiger partial charge in [0.1, 0.15) is 0 Å². The molecule has 108 valence electrons. The molecule has 1 saturated heterocycles. The molecule has 2 fully saturated rings. The Morgan fingerprint density at radius 2 is 2.11 bits per heavy atom. The number of urea groups is 1. The van der Waals surface area contributed by atoms with Gasteiger partial charge in [-0.2, -0.15) is 0 Å². The summed E-state index contributed by atoms with van der Waals surface area (Å²) in [5.41, 5.74) is -0.761. The Bertz CT molecular complexity index is 347. The van der Waals surface area contributed by atoms with Crippen LogP contribution >= 0.6 is 0 Å². The molecule has 0 aromatic rings. The SMILES string of the molecule is CN(C(=O)NCC1(C(=O)O)CCCC1)C1CCOC1. The largest absolute Gasteiger partial charge is 0.481 e. The summed E-state index contributed by atoms with van der Waals surface area (Å²) in [6.45, 7) is 1.47. The molecule has 1 aliphatic carbocycles. The lowest BCUT2D eigenvalue weighted by molar-refractivity contribution is -0.148.